The lowest BCUT2D eigenvalue weighted by molar-refractivity contribution is -0.274. The predicted molar refractivity (Wildman–Crippen MR) is 156 cm³/mol. The van der Waals surface area contributed by atoms with Gasteiger partial charge in [0, 0.05) is 18.7 Å². The van der Waals surface area contributed by atoms with Gasteiger partial charge in [-0.05, 0) is 92.2 Å². The third-order valence-corrected chi connectivity index (χ3v) is 6.42. The summed E-state index contributed by atoms with van der Waals surface area (Å²) in [6.07, 6.45) is -4.91. The molecular weight excluding hydrogens is 579 g/mol. The summed E-state index contributed by atoms with van der Waals surface area (Å²) >= 11 is 0. The number of para-hydroxylation sites is 1. The highest BCUT2D eigenvalue weighted by Crippen LogP contribution is 2.29. The van der Waals surface area contributed by atoms with Crippen molar-refractivity contribution in [2.75, 3.05) is 18.1 Å². The van der Waals surface area contributed by atoms with Crippen LogP contribution in [0.4, 0.5) is 18.9 Å². The Morgan fingerprint density at radius 1 is 0.727 bits per heavy atom. The number of ether oxygens (including phenoxy) is 4. The van der Waals surface area contributed by atoms with Crippen molar-refractivity contribution in [2.24, 2.45) is 0 Å². The third kappa shape index (κ3) is 8.90. The van der Waals surface area contributed by atoms with Crippen molar-refractivity contribution in [3.05, 3.63) is 109 Å². The highest BCUT2D eigenvalue weighted by molar-refractivity contribution is 5.94. The number of carbonyl (C=O) groups is 2. The Bertz CT molecular complexity index is 1530. The van der Waals surface area contributed by atoms with E-state index in [4.69, 9.17) is 14.2 Å². The van der Waals surface area contributed by atoms with Crippen LogP contribution in [0.25, 0.3) is 0 Å². The number of likely N-dealkylation sites (N-methyl/N-ethyl adjacent to an activating group) is 1. The molecular formula is C33H30F3NO7. The SMILES string of the molecule is CCN(C(=O)COc1ccc(CC(C)(Oc2ccc(OC(F)(F)F)cc2)C(=O)O)cc1)c1ccc(Oc2ccccc2)cc1. The number of alkyl halides is 3. The van der Waals surface area contributed by atoms with Crippen LogP contribution in [0.2, 0.25) is 0 Å². The van der Waals surface area contributed by atoms with Crippen molar-refractivity contribution < 1.29 is 46.8 Å². The number of halogens is 3. The van der Waals surface area contributed by atoms with Crippen molar-refractivity contribution in [1.29, 1.82) is 0 Å². The van der Waals surface area contributed by atoms with Gasteiger partial charge in [0.15, 0.2) is 6.61 Å². The molecule has 4 aromatic rings. The average molecular weight is 610 g/mol. The third-order valence-electron chi connectivity index (χ3n) is 6.42. The van der Waals surface area contributed by atoms with Gasteiger partial charge in [0.05, 0.1) is 0 Å². The molecule has 11 heteroatoms. The van der Waals surface area contributed by atoms with Crippen molar-refractivity contribution >= 4 is 17.6 Å². The fraction of sp³-hybridized carbons (Fsp3) is 0.212. The molecule has 0 saturated heterocycles. The van der Waals surface area contributed by atoms with Gasteiger partial charge in [0.1, 0.15) is 28.7 Å². The minimum Gasteiger partial charge on any atom is -0.484 e. The van der Waals surface area contributed by atoms with E-state index in [1.807, 2.05) is 37.3 Å². The standard InChI is InChI=1S/C33H30F3NO7/c1-3-37(24-11-15-27(16-12-24)42-26-7-5-4-6-8-26)30(38)22-41-25-13-9-23(10-14-25)21-32(2,31(39)40)43-28-17-19-29(20-18-28)44-33(34,35)36/h4-20H,3,21-22H2,1-2H3,(H,39,40). The molecule has 0 radical (unpaired) electrons. The Morgan fingerprint density at radius 2 is 1.25 bits per heavy atom. The van der Waals surface area contributed by atoms with E-state index >= 15 is 0 Å². The zero-order valence-corrected chi connectivity index (χ0v) is 23.9. The molecule has 1 unspecified atom stereocenters. The van der Waals surface area contributed by atoms with Gasteiger partial charge in [0.25, 0.3) is 5.91 Å². The van der Waals surface area contributed by atoms with E-state index in [9.17, 15) is 27.9 Å². The summed E-state index contributed by atoms with van der Waals surface area (Å²) in [5.74, 6) is -0.173. The van der Waals surface area contributed by atoms with Crippen molar-refractivity contribution in [1.82, 2.24) is 0 Å². The molecule has 4 aromatic carbocycles. The van der Waals surface area contributed by atoms with Crippen LogP contribution in [-0.4, -0.2) is 42.1 Å². The fourth-order valence-electron chi connectivity index (χ4n) is 4.26. The van der Waals surface area contributed by atoms with Crippen LogP contribution >= 0.6 is 0 Å². The molecule has 0 aliphatic heterocycles. The summed E-state index contributed by atoms with van der Waals surface area (Å²) in [6.45, 7) is 3.41. The number of rotatable bonds is 13. The molecule has 0 bridgehead atoms. The summed E-state index contributed by atoms with van der Waals surface area (Å²) in [7, 11) is 0. The first-order chi connectivity index (χ1) is 20.9. The quantitative estimate of drug-likeness (QED) is 0.170. The summed E-state index contributed by atoms with van der Waals surface area (Å²) in [5, 5.41) is 9.84. The number of benzene rings is 4. The largest absolute Gasteiger partial charge is 0.573 e. The maximum absolute atomic E-state index is 12.9. The maximum atomic E-state index is 12.9. The number of aliphatic carboxylic acids is 1. The first-order valence-corrected chi connectivity index (χ1v) is 13.6. The molecule has 0 spiro atoms. The number of nitrogens with zero attached hydrogens (tertiary/aromatic N) is 1. The molecule has 0 heterocycles. The summed E-state index contributed by atoms with van der Waals surface area (Å²) in [6, 6.07) is 27.5. The van der Waals surface area contributed by atoms with Gasteiger partial charge in [-0.25, -0.2) is 4.79 Å². The van der Waals surface area contributed by atoms with Gasteiger partial charge in [-0.15, -0.1) is 13.2 Å². The number of anilines is 1. The molecule has 1 atom stereocenters. The van der Waals surface area contributed by atoms with E-state index in [2.05, 4.69) is 4.74 Å². The summed E-state index contributed by atoms with van der Waals surface area (Å²) < 4.78 is 58.2. The Morgan fingerprint density at radius 3 is 1.80 bits per heavy atom. The molecule has 0 aliphatic rings. The van der Waals surface area contributed by atoms with E-state index in [0.717, 1.165) is 12.1 Å². The molecule has 0 fully saturated rings. The molecule has 1 N–H and O–H groups in total. The van der Waals surface area contributed by atoms with Crippen LogP contribution in [-0.2, 0) is 16.0 Å². The summed E-state index contributed by atoms with van der Waals surface area (Å²) in [5.41, 5.74) is -0.445. The van der Waals surface area contributed by atoms with Crippen LogP contribution in [0.15, 0.2) is 103 Å². The Kier molecular flexibility index (Phi) is 9.99. The molecule has 8 nitrogen and oxygen atoms in total. The lowest BCUT2D eigenvalue weighted by Gasteiger charge is -2.26. The van der Waals surface area contributed by atoms with E-state index in [-0.39, 0.29) is 24.7 Å². The number of carboxylic acids is 1. The highest BCUT2D eigenvalue weighted by Gasteiger charge is 2.36. The minimum absolute atomic E-state index is 0.0572. The molecule has 0 aromatic heterocycles. The first kappa shape index (κ1) is 31.7. The number of carbonyl (C=O) groups excluding carboxylic acids is 1. The second-order valence-corrected chi connectivity index (χ2v) is 9.81. The smallest absolute Gasteiger partial charge is 0.484 e. The van der Waals surface area contributed by atoms with Crippen LogP contribution < -0.4 is 23.8 Å². The molecule has 0 aliphatic carbocycles. The fourth-order valence-corrected chi connectivity index (χ4v) is 4.26. The summed E-state index contributed by atoms with van der Waals surface area (Å²) in [4.78, 5) is 26.6. The second kappa shape index (κ2) is 13.9. The van der Waals surface area contributed by atoms with Crippen LogP contribution in [0.1, 0.15) is 19.4 Å². The van der Waals surface area contributed by atoms with E-state index in [0.29, 0.717) is 35.0 Å². The zero-order valence-electron chi connectivity index (χ0n) is 23.9. The van der Waals surface area contributed by atoms with E-state index in [1.54, 1.807) is 53.4 Å². The molecule has 1 amide bonds. The van der Waals surface area contributed by atoms with Crippen LogP contribution in [0.3, 0.4) is 0 Å². The molecule has 4 rings (SSSR count). The van der Waals surface area contributed by atoms with Crippen molar-refractivity contribution in [3.63, 3.8) is 0 Å². The number of hydrogen-bond donors (Lipinski definition) is 1. The van der Waals surface area contributed by atoms with Crippen LogP contribution in [0, 0.1) is 0 Å². The monoisotopic (exact) mass is 609 g/mol. The normalized spacial score (nSPS) is 12.5. The van der Waals surface area contributed by atoms with E-state index in [1.165, 1.54) is 19.1 Å². The molecule has 230 valence electrons. The van der Waals surface area contributed by atoms with Gasteiger partial charge in [-0.2, -0.15) is 0 Å². The van der Waals surface area contributed by atoms with Crippen molar-refractivity contribution in [3.8, 4) is 28.7 Å². The van der Waals surface area contributed by atoms with Gasteiger partial charge >= 0.3 is 12.3 Å². The topological polar surface area (TPSA) is 94.5 Å². The number of amides is 1. The van der Waals surface area contributed by atoms with Gasteiger partial charge in [-0.1, -0.05) is 30.3 Å². The van der Waals surface area contributed by atoms with E-state index < -0.39 is 23.7 Å². The van der Waals surface area contributed by atoms with Gasteiger partial charge < -0.3 is 29.0 Å². The molecule has 0 saturated carbocycles. The van der Waals surface area contributed by atoms with Gasteiger partial charge in [-0.3, -0.25) is 4.79 Å². The number of carboxylic acid groups (broad SMARTS) is 1. The maximum Gasteiger partial charge on any atom is 0.573 e. The number of hydrogen-bond acceptors (Lipinski definition) is 6. The zero-order chi connectivity index (χ0) is 31.7. The minimum atomic E-state index is -4.85. The lowest BCUT2D eigenvalue weighted by atomic mass is 9.96. The average Bonchev–Trinajstić information content (AvgIpc) is 2.99. The Labute approximate surface area is 252 Å². The second-order valence-electron chi connectivity index (χ2n) is 9.81. The predicted octanol–water partition coefficient (Wildman–Crippen LogP) is 7.27. The molecule has 44 heavy (non-hydrogen) atoms. The van der Waals surface area contributed by atoms with Gasteiger partial charge in [0.2, 0.25) is 5.60 Å². The Hall–Kier alpha value is -5.19. The van der Waals surface area contributed by atoms with Crippen LogP contribution in [0.5, 0.6) is 28.7 Å². The Balaban J connectivity index is 1.33. The highest BCUT2D eigenvalue weighted by atomic mass is 19.4. The first-order valence-electron chi connectivity index (χ1n) is 13.6. The van der Waals surface area contributed by atoms with Crippen molar-refractivity contribution in [2.45, 2.75) is 32.2 Å². The lowest BCUT2D eigenvalue weighted by Crippen LogP contribution is -2.43.